The Labute approximate surface area is 57.6 Å². The molecule has 1 atom stereocenters. The molecule has 10 heavy (non-hydrogen) atoms. The fraction of sp³-hybridized carbons (Fsp3) is 0.833. The van der Waals surface area contributed by atoms with Gasteiger partial charge in [0.2, 0.25) is 0 Å². The first kappa shape index (κ1) is 7.85. The van der Waals surface area contributed by atoms with Crippen LogP contribution in [0.1, 0.15) is 12.8 Å². The molecular weight excluding hydrogens is 143 g/mol. The van der Waals surface area contributed by atoms with E-state index in [2.05, 4.69) is 5.32 Å². The van der Waals surface area contributed by atoms with E-state index in [1.54, 1.807) is 0 Å². The van der Waals surface area contributed by atoms with Gasteiger partial charge in [-0.05, 0) is 19.4 Å². The van der Waals surface area contributed by atoms with Crippen molar-refractivity contribution in [3.63, 3.8) is 0 Å². The molecule has 0 aromatic heterocycles. The van der Waals surface area contributed by atoms with E-state index in [1.807, 2.05) is 0 Å². The lowest BCUT2D eigenvalue weighted by Gasteiger charge is -2.24. The first-order valence-corrected chi connectivity index (χ1v) is 3.22. The summed E-state index contributed by atoms with van der Waals surface area (Å²) in [5, 5.41) is 2.76. The second kappa shape index (κ2) is 2.78. The van der Waals surface area contributed by atoms with Crippen LogP contribution < -0.4 is 5.32 Å². The van der Waals surface area contributed by atoms with Gasteiger partial charge in [-0.1, -0.05) is 0 Å². The second-order valence-electron chi connectivity index (χ2n) is 2.42. The summed E-state index contributed by atoms with van der Waals surface area (Å²) in [7, 11) is 0. The third kappa shape index (κ3) is 1.87. The molecule has 59 valence electrons. The van der Waals surface area contributed by atoms with Gasteiger partial charge >= 0.3 is 6.18 Å². The predicted octanol–water partition coefficient (Wildman–Crippen LogP) is 1.71. The van der Waals surface area contributed by atoms with Crippen molar-refractivity contribution in [3.8, 4) is 0 Å². The molecule has 4 heteroatoms. The number of nitrogens with one attached hydrogen (secondary N) is 1. The van der Waals surface area contributed by atoms with Gasteiger partial charge in [0.05, 0.1) is 5.92 Å². The van der Waals surface area contributed by atoms with E-state index in [4.69, 9.17) is 0 Å². The second-order valence-corrected chi connectivity index (χ2v) is 2.42. The highest BCUT2D eigenvalue weighted by molar-refractivity contribution is 4.80. The van der Waals surface area contributed by atoms with Crippen LogP contribution in [0.2, 0.25) is 0 Å². The van der Waals surface area contributed by atoms with E-state index in [0.717, 1.165) is 0 Å². The molecule has 1 aliphatic heterocycles. The van der Waals surface area contributed by atoms with Crippen molar-refractivity contribution in [1.29, 1.82) is 0 Å². The third-order valence-corrected chi connectivity index (χ3v) is 1.65. The topological polar surface area (TPSA) is 12.0 Å². The highest BCUT2D eigenvalue weighted by atomic mass is 19.4. The van der Waals surface area contributed by atoms with Crippen molar-refractivity contribution in [1.82, 2.24) is 5.32 Å². The molecule has 1 heterocycles. The lowest BCUT2D eigenvalue weighted by Crippen LogP contribution is -2.32. The highest BCUT2D eigenvalue weighted by Gasteiger charge is 2.39. The van der Waals surface area contributed by atoms with Crippen molar-refractivity contribution in [2.24, 2.45) is 5.92 Å². The smallest absolute Gasteiger partial charge is 0.312 e. The minimum Gasteiger partial charge on any atom is -0.312 e. The zero-order valence-corrected chi connectivity index (χ0v) is 5.41. The summed E-state index contributed by atoms with van der Waals surface area (Å²) in [6.07, 6.45) is -3.68. The van der Waals surface area contributed by atoms with Crippen molar-refractivity contribution >= 4 is 0 Å². The summed E-state index contributed by atoms with van der Waals surface area (Å²) in [5.74, 6) is -1.12. The normalized spacial score (nSPS) is 23.1. The molecule has 1 saturated heterocycles. The van der Waals surface area contributed by atoms with E-state index in [-0.39, 0.29) is 12.8 Å². The fourth-order valence-corrected chi connectivity index (χ4v) is 1.00. The zero-order chi connectivity index (χ0) is 7.61. The number of piperidine rings is 1. The summed E-state index contributed by atoms with van der Waals surface area (Å²) >= 11 is 0. The molecule has 0 aliphatic carbocycles. The number of halogens is 3. The summed E-state index contributed by atoms with van der Waals surface area (Å²) < 4.78 is 35.7. The first-order chi connectivity index (χ1) is 4.61. The van der Waals surface area contributed by atoms with Gasteiger partial charge in [-0.15, -0.1) is 0 Å². The van der Waals surface area contributed by atoms with Gasteiger partial charge in [0.25, 0.3) is 0 Å². The van der Waals surface area contributed by atoms with E-state index in [9.17, 15) is 13.2 Å². The average molecular weight is 152 g/mol. The Morgan fingerprint density at radius 3 is 2.40 bits per heavy atom. The summed E-state index contributed by atoms with van der Waals surface area (Å²) in [6, 6.07) is 0. The minimum absolute atomic E-state index is 0.115. The van der Waals surface area contributed by atoms with Gasteiger partial charge in [-0.2, -0.15) is 13.2 Å². The van der Waals surface area contributed by atoms with Gasteiger partial charge in [0.15, 0.2) is 0 Å². The Balaban J connectivity index is 2.39. The molecule has 1 fully saturated rings. The Bertz CT molecular complexity index is 104. The maximum absolute atomic E-state index is 11.9. The average Bonchev–Trinajstić information content (AvgIpc) is 1.88. The lowest BCUT2D eigenvalue weighted by molar-refractivity contribution is -0.178. The van der Waals surface area contributed by atoms with Crippen LogP contribution in [0.25, 0.3) is 0 Å². The maximum Gasteiger partial charge on any atom is 0.391 e. The van der Waals surface area contributed by atoms with Crippen LogP contribution >= 0.6 is 0 Å². The molecule has 0 aromatic rings. The van der Waals surface area contributed by atoms with E-state index in [0.29, 0.717) is 6.54 Å². The Kier molecular flexibility index (Phi) is 2.18. The Morgan fingerprint density at radius 1 is 1.40 bits per heavy atom. The molecule has 1 N–H and O–H groups in total. The Hall–Kier alpha value is -0.250. The van der Waals surface area contributed by atoms with Gasteiger partial charge in [0.1, 0.15) is 0 Å². The van der Waals surface area contributed by atoms with E-state index < -0.39 is 12.1 Å². The van der Waals surface area contributed by atoms with Crippen LogP contribution in [-0.2, 0) is 0 Å². The van der Waals surface area contributed by atoms with Crippen molar-refractivity contribution in [2.45, 2.75) is 19.0 Å². The van der Waals surface area contributed by atoms with Crippen molar-refractivity contribution in [3.05, 3.63) is 6.54 Å². The molecule has 0 saturated carbocycles. The molecule has 0 spiro atoms. The highest BCUT2D eigenvalue weighted by Crippen LogP contribution is 2.32. The molecule has 1 rings (SSSR count). The fourth-order valence-electron chi connectivity index (χ4n) is 1.00. The molecule has 1 nitrogen and oxygen atoms in total. The SMILES string of the molecule is FC(F)(F)C1C[CH]NCC1. The van der Waals surface area contributed by atoms with Gasteiger partial charge in [0, 0.05) is 6.54 Å². The van der Waals surface area contributed by atoms with E-state index >= 15 is 0 Å². The van der Waals surface area contributed by atoms with Gasteiger partial charge in [-0.3, -0.25) is 0 Å². The summed E-state index contributed by atoms with van der Waals surface area (Å²) in [6.45, 7) is 1.94. The molecular formula is C6H9F3N. The number of hydrogen-bond donors (Lipinski definition) is 1. The van der Waals surface area contributed by atoms with Crippen LogP contribution in [0.3, 0.4) is 0 Å². The Morgan fingerprint density at radius 2 is 2.10 bits per heavy atom. The van der Waals surface area contributed by atoms with Gasteiger partial charge in [-0.25, -0.2) is 0 Å². The standard InChI is InChI=1S/C6H9F3N/c7-6(8,9)5-1-3-10-4-2-5/h3,5,10H,1-2,4H2. The molecule has 1 radical (unpaired) electrons. The zero-order valence-electron chi connectivity index (χ0n) is 5.41. The minimum atomic E-state index is -4.00. The monoisotopic (exact) mass is 152 g/mol. The lowest BCUT2D eigenvalue weighted by atomic mass is 9.98. The molecule has 1 unspecified atom stereocenters. The maximum atomic E-state index is 11.9. The van der Waals surface area contributed by atoms with Crippen LogP contribution in [0.15, 0.2) is 0 Å². The van der Waals surface area contributed by atoms with Crippen LogP contribution in [-0.4, -0.2) is 12.7 Å². The van der Waals surface area contributed by atoms with Crippen LogP contribution in [0.5, 0.6) is 0 Å². The molecule has 0 aromatic carbocycles. The first-order valence-electron chi connectivity index (χ1n) is 3.22. The molecule has 0 amide bonds. The summed E-state index contributed by atoms with van der Waals surface area (Å²) in [4.78, 5) is 0. The molecule has 1 aliphatic rings. The van der Waals surface area contributed by atoms with E-state index in [1.165, 1.54) is 6.54 Å². The van der Waals surface area contributed by atoms with Gasteiger partial charge < -0.3 is 5.32 Å². The number of hydrogen-bond acceptors (Lipinski definition) is 1. The van der Waals surface area contributed by atoms with Crippen molar-refractivity contribution < 1.29 is 13.2 Å². The summed E-state index contributed by atoms with van der Waals surface area (Å²) in [5.41, 5.74) is 0. The third-order valence-electron chi connectivity index (χ3n) is 1.65. The van der Waals surface area contributed by atoms with Crippen LogP contribution in [0, 0.1) is 12.5 Å². The van der Waals surface area contributed by atoms with Crippen LogP contribution in [0.4, 0.5) is 13.2 Å². The number of alkyl halides is 3. The largest absolute Gasteiger partial charge is 0.391 e. The van der Waals surface area contributed by atoms with Crippen molar-refractivity contribution in [2.75, 3.05) is 6.54 Å². The molecule has 0 bridgehead atoms. The predicted molar refractivity (Wildman–Crippen MR) is 31.1 cm³/mol. The quantitative estimate of drug-likeness (QED) is 0.557. The number of rotatable bonds is 0.